The van der Waals surface area contributed by atoms with Gasteiger partial charge in [0.25, 0.3) is 5.91 Å². The van der Waals surface area contributed by atoms with Gasteiger partial charge in [-0.25, -0.2) is 4.39 Å². The minimum atomic E-state index is -0.473. The van der Waals surface area contributed by atoms with Crippen molar-refractivity contribution in [2.75, 3.05) is 5.32 Å². The van der Waals surface area contributed by atoms with E-state index in [9.17, 15) is 14.4 Å². The SMILES string of the molecule is Cc1ccc(C)c(NC(=O)/C(C#N)=C/c2ccc(OCc3cccc(F)c3)c(Br)c2)c1. The van der Waals surface area contributed by atoms with E-state index >= 15 is 0 Å². The topological polar surface area (TPSA) is 62.1 Å². The monoisotopic (exact) mass is 478 g/mol. The van der Waals surface area contributed by atoms with Crippen LogP contribution in [0, 0.1) is 31.0 Å². The van der Waals surface area contributed by atoms with Crippen molar-refractivity contribution in [2.24, 2.45) is 0 Å². The van der Waals surface area contributed by atoms with Crippen LogP contribution < -0.4 is 10.1 Å². The van der Waals surface area contributed by atoms with Crippen molar-refractivity contribution in [1.82, 2.24) is 0 Å². The minimum Gasteiger partial charge on any atom is -0.488 e. The molecule has 6 heteroatoms. The number of ether oxygens (including phenoxy) is 1. The lowest BCUT2D eigenvalue weighted by molar-refractivity contribution is -0.112. The van der Waals surface area contributed by atoms with Gasteiger partial charge in [-0.1, -0.05) is 30.3 Å². The first-order valence-corrected chi connectivity index (χ1v) is 10.3. The Morgan fingerprint density at radius 1 is 1.16 bits per heavy atom. The average Bonchev–Trinajstić information content (AvgIpc) is 2.74. The van der Waals surface area contributed by atoms with Crippen molar-refractivity contribution in [3.8, 4) is 11.8 Å². The van der Waals surface area contributed by atoms with Gasteiger partial charge in [0.15, 0.2) is 0 Å². The van der Waals surface area contributed by atoms with Crippen molar-refractivity contribution in [3.63, 3.8) is 0 Å². The molecule has 1 amide bonds. The zero-order chi connectivity index (χ0) is 22.4. The summed E-state index contributed by atoms with van der Waals surface area (Å²) in [6, 6.07) is 19.1. The number of nitrogens with one attached hydrogen (secondary N) is 1. The maximum atomic E-state index is 13.3. The first-order chi connectivity index (χ1) is 14.9. The van der Waals surface area contributed by atoms with Crippen molar-refractivity contribution in [1.29, 1.82) is 5.26 Å². The van der Waals surface area contributed by atoms with Gasteiger partial charge in [-0.15, -0.1) is 0 Å². The van der Waals surface area contributed by atoms with Gasteiger partial charge in [0.1, 0.15) is 29.8 Å². The highest BCUT2D eigenvalue weighted by Crippen LogP contribution is 2.28. The van der Waals surface area contributed by atoms with Gasteiger partial charge in [-0.3, -0.25) is 4.79 Å². The number of nitriles is 1. The van der Waals surface area contributed by atoms with E-state index in [1.54, 1.807) is 30.3 Å². The molecule has 1 N–H and O–H groups in total. The number of aryl methyl sites for hydroxylation is 2. The third-order valence-corrected chi connectivity index (χ3v) is 5.18. The molecule has 4 nitrogen and oxygen atoms in total. The van der Waals surface area contributed by atoms with Gasteiger partial charge in [-0.2, -0.15) is 5.26 Å². The van der Waals surface area contributed by atoms with Gasteiger partial charge in [0, 0.05) is 5.69 Å². The number of carbonyl (C=O) groups excluding carboxylic acids is 1. The molecule has 0 unspecified atom stereocenters. The van der Waals surface area contributed by atoms with Crippen LogP contribution in [0.15, 0.2) is 70.7 Å². The molecule has 0 saturated heterocycles. The van der Waals surface area contributed by atoms with Gasteiger partial charge in [-0.05, 0) is 88.4 Å². The highest BCUT2D eigenvalue weighted by Gasteiger charge is 2.12. The fourth-order valence-electron chi connectivity index (χ4n) is 2.89. The Balaban J connectivity index is 1.73. The van der Waals surface area contributed by atoms with Gasteiger partial charge in [0.2, 0.25) is 0 Å². The standard InChI is InChI=1S/C25H20BrFN2O2/c1-16-6-7-17(2)23(10-16)29-25(30)20(14-28)11-18-8-9-24(22(26)13-18)31-15-19-4-3-5-21(27)12-19/h3-13H,15H2,1-2H3,(H,29,30)/b20-11+. The Bertz CT molecular complexity index is 1200. The summed E-state index contributed by atoms with van der Waals surface area (Å²) in [5.74, 6) is -0.220. The number of anilines is 1. The molecule has 0 aliphatic carbocycles. The molecule has 0 aliphatic heterocycles. The van der Waals surface area contributed by atoms with E-state index in [2.05, 4.69) is 21.2 Å². The molecule has 3 aromatic carbocycles. The summed E-state index contributed by atoms with van der Waals surface area (Å²) in [4.78, 5) is 12.6. The molecule has 0 aromatic heterocycles. The summed E-state index contributed by atoms with van der Waals surface area (Å²) in [6.07, 6.45) is 1.52. The summed E-state index contributed by atoms with van der Waals surface area (Å²) >= 11 is 3.44. The molecular formula is C25H20BrFN2O2. The number of rotatable bonds is 6. The highest BCUT2D eigenvalue weighted by molar-refractivity contribution is 9.10. The summed E-state index contributed by atoms with van der Waals surface area (Å²) in [5.41, 5.74) is 3.97. The summed E-state index contributed by atoms with van der Waals surface area (Å²) in [7, 11) is 0. The van der Waals surface area contributed by atoms with Gasteiger partial charge in [0.05, 0.1) is 4.47 Å². The first kappa shape index (κ1) is 22.3. The van der Waals surface area contributed by atoms with E-state index in [0.29, 0.717) is 27.0 Å². The lowest BCUT2D eigenvalue weighted by atomic mass is 10.1. The average molecular weight is 479 g/mol. The second kappa shape index (κ2) is 10.1. The van der Waals surface area contributed by atoms with Crippen LogP contribution in [0.25, 0.3) is 6.08 Å². The lowest BCUT2D eigenvalue weighted by Gasteiger charge is -2.10. The van der Waals surface area contributed by atoms with E-state index in [4.69, 9.17) is 4.74 Å². The molecule has 0 atom stereocenters. The van der Waals surface area contributed by atoms with E-state index < -0.39 is 5.91 Å². The lowest BCUT2D eigenvalue weighted by Crippen LogP contribution is -2.14. The number of carbonyl (C=O) groups is 1. The van der Waals surface area contributed by atoms with Crippen LogP contribution in [-0.2, 0) is 11.4 Å². The molecule has 0 aliphatic rings. The predicted molar refractivity (Wildman–Crippen MR) is 123 cm³/mol. The zero-order valence-corrected chi connectivity index (χ0v) is 18.7. The Morgan fingerprint density at radius 3 is 2.68 bits per heavy atom. The first-order valence-electron chi connectivity index (χ1n) is 9.53. The van der Waals surface area contributed by atoms with E-state index in [1.807, 2.05) is 38.1 Å². The highest BCUT2D eigenvalue weighted by atomic mass is 79.9. The fraction of sp³-hybridized carbons (Fsp3) is 0.120. The van der Waals surface area contributed by atoms with Crippen LogP contribution in [-0.4, -0.2) is 5.91 Å². The molecule has 3 aromatic rings. The van der Waals surface area contributed by atoms with Gasteiger partial charge < -0.3 is 10.1 Å². The summed E-state index contributed by atoms with van der Waals surface area (Å²) in [6.45, 7) is 4.04. The normalized spacial score (nSPS) is 11.0. The fourth-order valence-corrected chi connectivity index (χ4v) is 3.40. The maximum Gasteiger partial charge on any atom is 0.266 e. The molecule has 0 heterocycles. The number of benzene rings is 3. The van der Waals surface area contributed by atoms with E-state index in [0.717, 1.165) is 11.1 Å². The number of amides is 1. The van der Waals surface area contributed by atoms with E-state index in [-0.39, 0.29) is 18.0 Å². The molecule has 3 rings (SSSR count). The predicted octanol–water partition coefficient (Wildman–Crippen LogP) is 6.33. The quantitative estimate of drug-likeness (QED) is 0.332. The smallest absolute Gasteiger partial charge is 0.266 e. The van der Waals surface area contributed by atoms with Crippen LogP contribution in [0.3, 0.4) is 0 Å². The second-order valence-electron chi connectivity index (χ2n) is 7.05. The zero-order valence-electron chi connectivity index (χ0n) is 17.1. The molecule has 0 bridgehead atoms. The molecule has 0 fully saturated rings. The Kier molecular flexibility index (Phi) is 7.22. The third kappa shape index (κ3) is 6.03. The largest absolute Gasteiger partial charge is 0.488 e. The number of hydrogen-bond acceptors (Lipinski definition) is 3. The van der Waals surface area contributed by atoms with Crippen LogP contribution >= 0.6 is 15.9 Å². The maximum absolute atomic E-state index is 13.3. The van der Waals surface area contributed by atoms with Crippen molar-refractivity contribution in [2.45, 2.75) is 20.5 Å². The van der Waals surface area contributed by atoms with E-state index in [1.165, 1.54) is 18.2 Å². The van der Waals surface area contributed by atoms with Crippen LogP contribution in [0.2, 0.25) is 0 Å². The number of halogens is 2. The number of nitrogens with zero attached hydrogens (tertiary/aromatic N) is 1. The number of hydrogen-bond donors (Lipinski definition) is 1. The minimum absolute atomic E-state index is 0.0127. The van der Waals surface area contributed by atoms with Crippen LogP contribution in [0.4, 0.5) is 10.1 Å². The molecule has 31 heavy (non-hydrogen) atoms. The third-order valence-electron chi connectivity index (χ3n) is 4.56. The van der Waals surface area contributed by atoms with Gasteiger partial charge >= 0.3 is 0 Å². The summed E-state index contributed by atoms with van der Waals surface area (Å²) < 4.78 is 19.7. The van der Waals surface area contributed by atoms with Crippen LogP contribution in [0.5, 0.6) is 5.75 Å². The van der Waals surface area contributed by atoms with Crippen molar-refractivity contribution in [3.05, 3.63) is 98.8 Å². The molecule has 0 spiro atoms. The van der Waals surface area contributed by atoms with Crippen molar-refractivity contribution >= 4 is 33.6 Å². The van der Waals surface area contributed by atoms with Crippen molar-refractivity contribution < 1.29 is 13.9 Å². The molecule has 0 saturated carbocycles. The molecule has 156 valence electrons. The Labute approximate surface area is 189 Å². The molecule has 0 radical (unpaired) electrons. The Hall–Kier alpha value is -3.43. The molecular weight excluding hydrogens is 459 g/mol. The second-order valence-corrected chi connectivity index (χ2v) is 7.91. The Morgan fingerprint density at radius 2 is 1.97 bits per heavy atom. The van der Waals surface area contributed by atoms with Crippen LogP contribution in [0.1, 0.15) is 22.3 Å². The summed E-state index contributed by atoms with van der Waals surface area (Å²) in [5, 5.41) is 12.3.